The van der Waals surface area contributed by atoms with Crippen LogP contribution in [0.15, 0.2) is 6.20 Å². The summed E-state index contributed by atoms with van der Waals surface area (Å²) in [5.74, 6) is 2.11. The van der Waals surface area contributed by atoms with Crippen LogP contribution in [0.3, 0.4) is 0 Å². The van der Waals surface area contributed by atoms with Crippen molar-refractivity contribution in [2.24, 2.45) is 11.8 Å². The van der Waals surface area contributed by atoms with Crippen molar-refractivity contribution in [2.45, 2.75) is 27.7 Å². The van der Waals surface area contributed by atoms with Crippen molar-refractivity contribution >= 4 is 17.4 Å². The second kappa shape index (κ2) is 5.31. The monoisotopic (exact) mass is 227 g/mol. The highest BCUT2D eigenvalue weighted by Crippen LogP contribution is 2.15. The van der Waals surface area contributed by atoms with Gasteiger partial charge in [0, 0.05) is 18.3 Å². The van der Waals surface area contributed by atoms with Crippen LogP contribution >= 0.6 is 11.6 Å². The zero-order chi connectivity index (χ0) is 11.4. The molecule has 0 aliphatic heterocycles. The molecule has 0 aromatic carbocycles. The fourth-order valence-corrected chi connectivity index (χ4v) is 1.23. The standard InChI is InChI=1S/C11H18ClN3/c1-7(2)8(3)5-13-10-9(4)6-14-11(12)15-10/h6-8H,5H2,1-4H3,(H,13,14,15). The molecule has 1 aromatic rings. The molecule has 15 heavy (non-hydrogen) atoms. The maximum atomic E-state index is 5.73. The van der Waals surface area contributed by atoms with Gasteiger partial charge in [0.05, 0.1) is 0 Å². The van der Waals surface area contributed by atoms with Crippen LogP contribution in [-0.2, 0) is 0 Å². The second-order valence-corrected chi connectivity index (χ2v) is 4.61. The number of rotatable bonds is 4. The number of hydrogen-bond acceptors (Lipinski definition) is 3. The zero-order valence-electron chi connectivity index (χ0n) is 9.71. The summed E-state index contributed by atoms with van der Waals surface area (Å²) >= 11 is 5.73. The van der Waals surface area contributed by atoms with E-state index in [-0.39, 0.29) is 0 Å². The predicted octanol–water partition coefficient (Wildman–Crippen LogP) is 3.14. The van der Waals surface area contributed by atoms with Crippen LogP contribution in [-0.4, -0.2) is 16.5 Å². The number of nitrogens with zero attached hydrogens (tertiary/aromatic N) is 2. The molecule has 0 spiro atoms. The third-order valence-corrected chi connectivity index (χ3v) is 2.85. The van der Waals surface area contributed by atoms with Crippen LogP contribution in [0.1, 0.15) is 26.3 Å². The average Bonchev–Trinajstić information content (AvgIpc) is 2.18. The second-order valence-electron chi connectivity index (χ2n) is 4.27. The maximum absolute atomic E-state index is 5.73. The van der Waals surface area contributed by atoms with E-state index < -0.39 is 0 Å². The van der Waals surface area contributed by atoms with Crippen LogP contribution in [0.5, 0.6) is 0 Å². The highest BCUT2D eigenvalue weighted by atomic mass is 35.5. The van der Waals surface area contributed by atoms with Gasteiger partial charge >= 0.3 is 0 Å². The van der Waals surface area contributed by atoms with Crippen LogP contribution in [0.4, 0.5) is 5.82 Å². The Kier molecular flexibility index (Phi) is 4.33. The van der Waals surface area contributed by atoms with Crippen molar-refractivity contribution in [2.75, 3.05) is 11.9 Å². The molecule has 1 atom stereocenters. The van der Waals surface area contributed by atoms with Crippen LogP contribution in [0.2, 0.25) is 5.28 Å². The number of aromatic nitrogens is 2. The minimum atomic E-state index is 0.292. The van der Waals surface area contributed by atoms with Crippen molar-refractivity contribution in [3.05, 3.63) is 17.0 Å². The largest absolute Gasteiger partial charge is 0.369 e. The molecule has 0 aliphatic rings. The first-order chi connectivity index (χ1) is 7.00. The molecule has 0 fully saturated rings. The Morgan fingerprint density at radius 1 is 1.40 bits per heavy atom. The quantitative estimate of drug-likeness (QED) is 0.804. The zero-order valence-corrected chi connectivity index (χ0v) is 10.5. The number of halogens is 1. The molecule has 0 radical (unpaired) electrons. The third-order valence-electron chi connectivity index (χ3n) is 2.67. The Morgan fingerprint density at radius 3 is 2.67 bits per heavy atom. The van der Waals surface area contributed by atoms with Gasteiger partial charge in [-0.15, -0.1) is 0 Å². The van der Waals surface area contributed by atoms with Gasteiger partial charge in [0.25, 0.3) is 0 Å². The van der Waals surface area contributed by atoms with Gasteiger partial charge in [0.2, 0.25) is 5.28 Å². The lowest BCUT2D eigenvalue weighted by Crippen LogP contribution is -2.17. The molecule has 0 saturated carbocycles. The Labute approximate surface area is 96.3 Å². The lowest BCUT2D eigenvalue weighted by Gasteiger charge is -2.17. The molecule has 1 unspecified atom stereocenters. The molecule has 4 heteroatoms. The summed E-state index contributed by atoms with van der Waals surface area (Å²) < 4.78 is 0. The average molecular weight is 228 g/mol. The van der Waals surface area contributed by atoms with E-state index in [9.17, 15) is 0 Å². The van der Waals surface area contributed by atoms with E-state index >= 15 is 0 Å². The summed E-state index contributed by atoms with van der Waals surface area (Å²) in [6, 6.07) is 0. The van der Waals surface area contributed by atoms with Crippen molar-refractivity contribution in [3.63, 3.8) is 0 Å². The predicted molar refractivity (Wildman–Crippen MR) is 64.3 cm³/mol. The van der Waals surface area contributed by atoms with E-state index in [2.05, 4.69) is 36.1 Å². The van der Waals surface area contributed by atoms with E-state index in [0.29, 0.717) is 17.1 Å². The van der Waals surface area contributed by atoms with Crippen LogP contribution in [0.25, 0.3) is 0 Å². The van der Waals surface area contributed by atoms with E-state index in [1.807, 2.05) is 6.92 Å². The topological polar surface area (TPSA) is 37.8 Å². The Bertz CT molecular complexity index is 326. The SMILES string of the molecule is Cc1cnc(Cl)nc1NCC(C)C(C)C. The van der Waals surface area contributed by atoms with Crippen molar-refractivity contribution in [1.82, 2.24) is 9.97 Å². The van der Waals surface area contributed by atoms with Gasteiger partial charge in [-0.25, -0.2) is 9.97 Å². The molecule has 1 N–H and O–H groups in total. The Balaban J connectivity index is 2.61. The number of nitrogens with one attached hydrogen (secondary N) is 1. The van der Waals surface area contributed by atoms with Gasteiger partial charge < -0.3 is 5.32 Å². The highest BCUT2D eigenvalue weighted by Gasteiger charge is 2.08. The molecule has 0 saturated heterocycles. The summed E-state index contributed by atoms with van der Waals surface area (Å²) in [7, 11) is 0. The summed E-state index contributed by atoms with van der Waals surface area (Å²) in [5.41, 5.74) is 1.02. The van der Waals surface area contributed by atoms with Gasteiger partial charge in [-0.1, -0.05) is 20.8 Å². The van der Waals surface area contributed by atoms with E-state index in [1.165, 1.54) is 0 Å². The maximum Gasteiger partial charge on any atom is 0.224 e. The normalized spacial score (nSPS) is 12.9. The Morgan fingerprint density at radius 2 is 2.07 bits per heavy atom. The third kappa shape index (κ3) is 3.67. The fraction of sp³-hybridized carbons (Fsp3) is 0.636. The molecule has 1 heterocycles. The fourth-order valence-electron chi connectivity index (χ4n) is 1.09. The van der Waals surface area contributed by atoms with Crippen molar-refractivity contribution in [3.8, 4) is 0 Å². The summed E-state index contributed by atoms with van der Waals surface area (Å²) in [6.07, 6.45) is 1.73. The minimum Gasteiger partial charge on any atom is -0.369 e. The minimum absolute atomic E-state index is 0.292. The summed E-state index contributed by atoms with van der Waals surface area (Å²) in [5, 5.41) is 3.59. The molecule has 1 aromatic heterocycles. The summed E-state index contributed by atoms with van der Waals surface area (Å²) in [6.45, 7) is 9.53. The molecular formula is C11H18ClN3. The van der Waals surface area contributed by atoms with E-state index in [4.69, 9.17) is 11.6 Å². The van der Waals surface area contributed by atoms with Gasteiger partial charge in [0.1, 0.15) is 5.82 Å². The first kappa shape index (κ1) is 12.2. The van der Waals surface area contributed by atoms with E-state index in [1.54, 1.807) is 6.20 Å². The number of anilines is 1. The van der Waals surface area contributed by atoms with Crippen LogP contribution < -0.4 is 5.32 Å². The molecule has 0 aliphatic carbocycles. The number of aryl methyl sites for hydroxylation is 1. The Hall–Kier alpha value is -0.830. The lowest BCUT2D eigenvalue weighted by molar-refractivity contribution is 0.439. The smallest absolute Gasteiger partial charge is 0.224 e. The van der Waals surface area contributed by atoms with Gasteiger partial charge in [-0.2, -0.15) is 0 Å². The van der Waals surface area contributed by atoms with Gasteiger partial charge in [-0.3, -0.25) is 0 Å². The number of hydrogen-bond donors (Lipinski definition) is 1. The molecule has 84 valence electrons. The highest BCUT2D eigenvalue weighted by molar-refractivity contribution is 6.28. The summed E-state index contributed by atoms with van der Waals surface area (Å²) in [4.78, 5) is 8.06. The van der Waals surface area contributed by atoms with Gasteiger partial charge in [-0.05, 0) is 30.4 Å². The molecule has 0 bridgehead atoms. The molecular weight excluding hydrogens is 210 g/mol. The molecule has 1 rings (SSSR count). The molecule has 3 nitrogen and oxygen atoms in total. The first-order valence-electron chi connectivity index (χ1n) is 5.23. The first-order valence-corrected chi connectivity index (χ1v) is 5.61. The lowest BCUT2D eigenvalue weighted by atomic mass is 9.98. The molecule has 0 amide bonds. The van der Waals surface area contributed by atoms with Crippen LogP contribution in [0, 0.1) is 18.8 Å². The van der Waals surface area contributed by atoms with Crippen molar-refractivity contribution < 1.29 is 0 Å². The van der Waals surface area contributed by atoms with E-state index in [0.717, 1.165) is 17.9 Å². The van der Waals surface area contributed by atoms with Gasteiger partial charge in [0.15, 0.2) is 0 Å². The van der Waals surface area contributed by atoms with Crippen molar-refractivity contribution in [1.29, 1.82) is 0 Å².